The Balaban J connectivity index is 2.02. The maximum Gasteiger partial charge on any atom is 0.151 e. The zero-order valence-corrected chi connectivity index (χ0v) is 14.7. The molecule has 0 aromatic rings. The molecule has 124 valence electrons. The average Bonchev–Trinajstić information content (AvgIpc) is 2.89. The topological polar surface area (TPSA) is 49.4 Å². The maximum absolute atomic E-state index is 11.9. The molecule has 2 aliphatic rings. The molecule has 1 heterocycles. The highest BCUT2D eigenvalue weighted by molar-refractivity contribution is 7.91. The summed E-state index contributed by atoms with van der Waals surface area (Å²) in [6.07, 6.45) is 6.19. The zero-order valence-electron chi connectivity index (χ0n) is 13.9. The fourth-order valence-corrected chi connectivity index (χ4v) is 4.73. The number of hydrogen-bond acceptors (Lipinski definition) is 4. The van der Waals surface area contributed by atoms with Crippen molar-refractivity contribution in [3.63, 3.8) is 0 Å². The molecule has 0 aromatic carbocycles. The molecule has 0 radical (unpaired) electrons. The van der Waals surface area contributed by atoms with E-state index in [9.17, 15) is 8.42 Å². The van der Waals surface area contributed by atoms with Gasteiger partial charge < -0.3 is 5.32 Å². The van der Waals surface area contributed by atoms with Crippen molar-refractivity contribution in [2.45, 2.75) is 64.5 Å². The van der Waals surface area contributed by atoms with Crippen molar-refractivity contribution in [3.05, 3.63) is 0 Å². The van der Waals surface area contributed by atoms with E-state index in [-0.39, 0.29) is 11.3 Å². The van der Waals surface area contributed by atoms with Gasteiger partial charge in [-0.3, -0.25) is 4.90 Å². The maximum atomic E-state index is 11.9. The van der Waals surface area contributed by atoms with E-state index in [1.807, 2.05) is 0 Å². The molecular formula is C16H32N2O2S. The van der Waals surface area contributed by atoms with Crippen LogP contribution >= 0.6 is 0 Å². The summed E-state index contributed by atoms with van der Waals surface area (Å²) < 4.78 is 23.7. The fraction of sp³-hybridized carbons (Fsp3) is 1.00. The van der Waals surface area contributed by atoms with Gasteiger partial charge in [0.2, 0.25) is 0 Å². The van der Waals surface area contributed by atoms with Gasteiger partial charge in [0.25, 0.3) is 0 Å². The SMILES string of the molecule is CCS(=O)(=O)CCN1CC(CC(C)C)NCC12CCCC2. The lowest BCUT2D eigenvalue weighted by molar-refractivity contribution is 0.0443. The lowest BCUT2D eigenvalue weighted by Gasteiger charge is -2.48. The quantitative estimate of drug-likeness (QED) is 0.815. The minimum absolute atomic E-state index is 0.233. The number of nitrogens with zero attached hydrogens (tertiary/aromatic N) is 1. The third-order valence-electron chi connectivity index (χ3n) is 5.23. The Labute approximate surface area is 130 Å². The van der Waals surface area contributed by atoms with E-state index in [1.54, 1.807) is 6.92 Å². The monoisotopic (exact) mass is 316 g/mol. The fourth-order valence-electron chi connectivity index (χ4n) is 3.95. The Morgan fingerprint density at radius 2 is 1.95 bits per heavy atom. The highest BCUT2D eigenvalue weighted by Crippen LogP contribution is 2.37. The summed E-state index contributed by atoms with van der Waals surface area (Å²) >= 11 is 0. The number of nitrogens with one attached hydrogen (secondary N) is 1. The van der Waals surface area contributed by atoms with Gasteiger partial charge in [0.05, 0.1) is 5.75 Å². The molecule has 2 rings (SSSR count). The summed E-state index contributed by atoms with van der Waals surface area (Å²) in [6, 6.07) is 0.514. The van der Waals surface area contributed by atoms with Crippen LogP contribution in [0.5, 0.6) is 0 Å². The van der Waals surface area contributed by atoms with Gasteiger partial charge in [-0.2, -0.15) is 0 Å². The van der Waals surface area contributed by atoms with E-state index >= 15 is 0 Å². The average molecular weight is 317 g/mol. The Morgan fingerprint density at radius 3 is 2.52 bits per heavy atom. The van der Waals surface area contributed by atoms with Gasteiger partial charge in [0, 0.05) is 37.0 Å². The largest absolute Gasteiger partial charge is 0.311 e. The Bertz CT molecular complexity index is 428. The van der Waals surface area contributed by atoms with Gasteiger partial charge in [-0.15, -0.1) is 0 Å². The lowest BCUT2D eigenvalue weighted by atomic mass is 9.89. The summed E-state index contributed by atoms with van der Waals surface area (Å²) in [6.45, 7) is 9.03. The van der Waals surface area contributed by atoms with Crippen molar-refractivity contribution in [1.29, 1.82) is 0 Å². The predicted octanol–water partition coefficient (Wildman–Crippen LogP) is 2.05. The number of piperazine rings is 1. The standard InChI is InChI=1S/C16H32N2O2S/c1-4-21(19,20)10-9-18-12-15(11-14(2)3)17-13-16(18)7-5-6-8-16/h14-15,17H,4-13H2,1-3H3. The van der Waals surface area contributed by atoms with E-state index < -0.39 is 9.84 Å². The van der Waals surface area contributed by atoms with E-state index in [4.69, 9.17) is 0 Å². The molecule has 4 nitrogen and oxygen atoms in total. The van der Waals surface area contributed by atoms with Crippen molar-refractivity contribution < 1.29 is 8.42 Å². The van der Waals surface area contributed by atoms with Gasteiger partial charge in [-0.05, 0) is 25.2 Å². The molecule has 1 aliphatic heterocycles. The van der Waals surface area contributed by atoms with Crippen LogP contribution in [0.15, 0.2) is 0 Å². The molecule has 5 heteroatoms. The van der Waals surface area contributed by atoms with Gasteiger partial charge in [-0.1, -0.05) is 33.6 Å². The van der Waals surface area contributed by atoms with Crippen molar-refractivity contribution in [2.24, 2.45) is 5.92 Å². The first-order chi connectivity index (χ1) is 9.87. The normalized spacial score (nSPS) is 26.8. The second kappa shape index (κ2) is 6.97. The molecule has 1 unspecified atom stereocenters. The van der Waals surface area contributed by atoms with Crippen molar-refractivity contribution in [1.82, 2.24) is 10.2 Å². The minimum atomic E-state index is -2.87. The molecule has 1 saturated carbocycles. The highest BCUT2D eigenvalue weighted by atomic mass is 32.2. The molecule has 0 aromatic heterocycles. The molecule has 0 amide bonds. The molecule has 21 heavy (non-hydrogen) atoms. The molecule has 1 atom stereocenters. The molecule has 1 spiro atoms. The van der Waals surface area contributed by atoms with Gasteiger partial charge in [0.15, 0.2) is 9.84 Å². The van der Waals surface area contributed by atoms with Crippen molar-refractivity contribution in [3.8, 4) is 0 Å². The van der Waals surface area contributed by atoms with Crippen LogP contribution in [0.2, 0.25) is 0 Å². The van der Waals surface area contributed by atoms with Crippen molar-refractivity contribution >= 4 is 9.84 Å². The zero-order chi connectivity index (χ0) is 15.5. The van der Waals surface area contributed by atoms with Crippen LogP contribution in [0.1, 0.15) is 52.9 Å². The molecule has 2 fully saturated rings. The molecule has 1 N–H and O–H groups in total. The first-order valence-corrected chi connectivity index (χ1v) is 10.4. The van der Waals surface area contributed by atoms with Crippen LogP contribution in [-0.4, -0.2) is 56.0 Å². The smallest absolute Gasteiger partial charge is 0.151 e. The van der Waals surface area contributed by atoms with Gasteiger partial charge in [0.1, 0.15) is 0 Å². The van der Waals surface area contributed by atoms with Crippen LogP contribution in [0, 0.1) is 5.92 Å². The predicted molar refractivity (Wildman–Crippen MR) is 88.3 cm³/mol. The molecule has 1 saturated heterocycles. The highest BCUT2D eigenvalue weighted by Gasteiger charge is 2.43. The molecule has 0 bridgehead atoms. The van der Waals surface area contributed by atoms with E-state index in [0.29, 0.717) is 24.3 Å². The van der Waals surface area contributed by atoms with Crippen LogP contribution < -0.4 is 5.32 Å². The summed E-state index contributed by atoms with van der Waals surface area (Å²) in [5, 5.41) is 3.73. The summed E-state index contributed by atoms with van der Waals surface area (Å²) in [7, 11) is -2.87. The first-order valence-electron chi connectivity index (χ1n) is 8.56. The number of sulfone groups is 1. The Hall–Kier alpha value is -0.130. The van der Waals surface area contributed by atoms with Crippen LogP contribution in [-0.2, 0) is 9.84 Å². The third-order valence-corrected chi connectivity index (χ3v) is 6.92. The van der Waals surface area contributed by atoms with E-state index in [1.165, 1.54) is 32.1 Å². The summed E-state index contributed by atoms with van der Waals surface area (Å²) in [5.41, 5.74) is 0.233. The van der Waals surface area contributed by atoms with Crippen LogP contribution in [0.25, 0.3) is 0 Å². The van der Waals surface area contributed by atoms with Crippen LogP contribution in [0.3, 0.4) is 0 Å². The first kappa shape index (κ1) is 17.2. The van der Waals surface area contributed by atoms with Crippen molar-refractivity contribution in [2.75, 3.05) is 31.1 Å². The number of rotatable bonds is 6. The van der Waals surface area contributed by atoms with Crippen LogP contribution in [0.4, 0.5) is 0 Å². The molecule has 1 aliphatic carbocycles. The lowest BCUT2D eigenvalue weighted by Crippen LogP contribution is -2.64. The summed E-state index contributed by atoms with van der Waals surface area (Å²) in [5.74, 6) is 1.27. The Morgan fingerprint density at radius 1 is 1.29 bits per heavy atom. The van der Waals surface area contributed by atoms with Gasteiger partial charge in [-0.25, -0.2) is 8.42 Å². The third kappa shape index (κ3) is 4.42. The van der Waals surface area contributed by atoms with E-state index in [0.717, 1.165) is 13.1 Å². The summed E-state index contributed by atoms with van der Waals surface area (Å²) in [4.78, 5) is 2.51. The second-order valence-corrected chi connectivity index (χ2v) is 9.79. The number of hydrogen-bond donors (Lipinski definition) is 1. The van der Waals surface area contributed by atoms with Gasteiger partial charge >= 0.3 is 0 Å². The molecular weight excluding hydrogens is 284 g/mol. The minimum Gasteiger partial charge on any atom is -0.311 e. The second-order valence-electron chi connectivity index (χ2n) is 7.32. The Kier molecular flexibility index (Phi) is 5.71. The van der Waals surface area contributed by atoms with E-state index in [2.05, 4.69) is 24.1 Å².